The second-order valence-corrected chi connectivity index (χ2v) is 15.1. The van der Waals surface area contributed by atoms with Crippen LogP contribution in [0.15, 0.2) is 0 Å². The predicted molar refractivity (Wildman–Crippen MR) is 183 cm³/mol. The van der Waals surface area contributed by atoms with Gasteiger partial charge < -0.3 is 19.0 Å². The molecule has 2 rings (SSSR count). The lowest BCUT2D eigenvalue weighted by molar-refractivity contribution is -0.404. The molecule has 2 aliphatic rings. The first kappa shape index (κ1) is 40.0. The maximum atomic E-state index is 12.6. The fourth-order valence-corrected chi connectivity index (χ4v) is 7.74. The summed E-state index contributed by atoms with van der Waals surface area (Å²) >= 11 is 0. The van der Waals surface area contributed by atoms with Gasteiger partial charge in [-0.05, 0) is 39.5 Å². The van der Waals surface area contributed by atoms with E-state index in [1.54, 1.807) is 0 Å². The zero-order valence-corrected chi connectivity index (χ0v) is 30.7. The van der Waals surface area contributed by atoms with Crippen LogP contribution in [0.3, 0.4) is 0 Å². The highest BCUT2D eigenvalue weighted by Gasteiger charge is 2.65. The van der Waals surface area contributed by atoms with Crippen molar-refractivity contribution in [3.8, 4) is 0 Å². The summed E-state index contributed by atoms with van der Waals surface area (Å²) in [7, 11) is 0. The molecule has 0 radical (unpaired) electrons. The highest BCUT2D eigenvalue weighted by molar-refractivity contribution is 5.69. The van der Waals surface area contributed by atoms with Crippen LogP contribution in [-0.2, 0) is 28.6 Å². The third-order valence-corrected chi connectivity index (χ3v) is 10.9. The van der Waals surface area contributed by atoms with Crippen molar-refractivity contribution in [2.45, 2.75) is 201 Å². The first-order valence-electron chi connectivity index (χ1n) is 18.9. The number of carbonyl (C=O) groups is 2. The molecule has 2 saturated heterocycles. The quantitative estimate of drug-likeness (QED) is 0.0864. The zero-order valence-electron chi connectivity index (χ0n) is 30.7. The van der Waals surface area contributed by atoms with Crippen molar-refractivity contribution in [2.24, 2.45) is 11.3 Å². The van der Waals surface area contributed by atoms with Gasteiger partial charge in [0.25, 0.3) is 0 Å². The summed E-state index contributed by atoms with van der Waals surface area (Å²) in [5, 5.41) is 1.95. The third-order valence-electron chi connectivity index (χ3n) is 10.9. The van der Waals surface area contributed by atoms with Crippen molar-refractivity contribution in [3.05, 3.63) is 0 Å². The van der Waals surface area contributed by atoms with Crippen molar-refractivity contribution in [1.29, 1.82) is 0 Å². The maximum Gasteiger partial charge on any atom is 0.322 e. The molecule has 45 heavy (non-hydrogen) atoms. The molecule has 0 aromatic rings. The van der Waals surface area contributed by atoms with E-state index in [2.05, 4.69) is 48.5 Å². The van der Waals surface area contributed by atoms with Crippen molar-refractivity contribution in [3.63, 3.8) is 0 Å². The molecule has 7 nitrogen and oxygen atoms in total. The van der Waals surface area contributed by atoms with Crippen molar-refractivity contribution < 1.29 is 28.6 Å². The number of rotatable bonds is 22. The van der Waals surface area contributed by atoms with Crippen LogP contribution in [0.1, 0.15) is 184 Å². The van der Waals surface area contributed by atoms with E-state index in [0.717, 1.165) is 32.1 Å². The molecule has 0 amide bonds. The van der Waals surface area contributed by atoms with Gasteiger partial charge in [-0.25, -0.2) is 0 Å². The van der Waals surface area contributed by atoms with E-state index < -0.39 is 22.3 Å². The van der Waals surface area contributed by atoms with E-state index >= 15 is 0 Å². The summed E-state index contributed by atoms with van der Waals surface area (Å²) in [6, 6.07) is 0. The Kier molecular flexibility index (Phi) is 17.4. The first-order valence-corrected chi connectivity index (χ1v) is 18.9. The van der Waals surface area contributed by atoms with Crippen LogP contribution in [0, 0.1) is 11.3 Å². The highest BCUT2D eigenvalue weighted by Crippen LogP contribution is 2.55. The van der Waals surface area contributed by atoms with E-state index in [0.29, 0.717) is 32.7 Å². The molecule has 1 spiro atoms. The highest BCUT2D eigenvalue weighted by atomic mass is 16.7. The average molecular weight is 638 g/mol. The topological polar surface area (TPSA) is 74.3 Å². The van der Waals surface area contributed by atoms with Crippen LogP contribution in [0.5, 0.6) is 0 Å². The van der Waals surface area contributed by atoms with Gasteiger partial charge in [-0.15, -0.1) is 5.06 Å². The van der Waals surface area contributed by atoms with E-state index in [-0.39, 0.29) is 17.9 Å². The Morgan fingerprint density at radius 2 is 1.22 bits per heavy atom. The fraction of sp³-hybridized carbons (Fsp3) is 0.947. The smallest absolute Gasteiger partial charge is 0.322 e. The van der Waals surface area contributed by atoms with Gasteiger partial charge in [0, 0.05) is 31.1 Å². The molecule has 0 aromatic carbocycles. The molecule has 3 atom stereocenters. The van der Waals surface area contributed by atoms with Gasteiger partial charge in [0.05, 0.1) is 24.3 Å². The summed E-state index contributed by atoms with van der Waals surface area (Å²) in [5.41, 5.74) is -1.28. The molecule has 264 valence electrons. The molecule has 2 fully saturated rings. The summed E-state index contributed by atoms with van der Waals surface area (Å²) in [5.74, 6) is -1.20. The van der Waals surface area contributed by atoms with Crippen LogP contribution in [0.4, 0.5) is 0 Å². The SMILES string of the molecule is CCCCCCCCCCCCCCCCCC(=O)OCC1(C)COC2(CC(C)(CC)N(OC(C)=O)C(C)(CC)C2CC)OC1. The molecule has 0 saturated carbocycles. The summed E-state index contributed by atoms with van der Waals surface area (Å²) < 4.78 is 19.2. The Labute approximate surface area is 277 Å². The number of esters is 1. The largest absolute Gasteiger partial charge is 0.465 e. The summed E-state index contributed by atoms with van der Waals surface area (Å²) in [6.45, 7) is 17.8. The predicted octanol–water partition coefficient (Wildman–Crippen LogP) is 10.1. The van der Waals surface area contributed by atoms with Gasteiger partial charge in [0.15, 0.2) is 5.79 Å². The Morgan fingerprint density at radius 1 is 0.733 bits per heavy atom. The molecule has 2 heterocycles. The van der Waals surface area contributed by atoms with E-state index in [1.165, 1.54) is 90.4 Å². The molecule has 0 aliphatic carbocycles. The van der Waals surface area contributed by atoms with E-state index in [1.807, 2.05) is 5.06 Å². The van der Waals surface area contributed by atoms with Gasteiger partial charge in [-0.1, -0.05) is 125 Å². The van der Waals surface area contributed by atoms with Crippen molar-refractivity contribution in [1.82, 2.24) is 5.06 Å². The first-order chi connectivity index (χ1) is 21.4. The van der Waals surface area contributed by atoms with E-state index in [4.69, 9.17) is 19.0 Å². The Morgan fingerprint density at radius 3 is 1.64 bits per heavy atom. The van der Waals surface area contributed by atoms with Gasteiger partial charge in [0.2, 0.25) is 0 Å². The van der Waals surface area contributed by atoms with Gasteiger partial charge in [-0.2, -0.15) is 0 Å². The third kappa shape index (κ3) is 11.8. The van der Waals surface area contributed by atoms with Gasteiger partial charge in [-0.3, -0.25) is 9.59 Å². The van der Waals surface area contributed by atoms with Crippen LogP contribution >= 0.6 is 0 Å². The Balaban J connectivity index is 1.70. The molecule has 2 aliphatic heterocycles. The van der Waals surface area contributed by atoms with E-state index in [9.17, 15) is 9.59 Å². The molecule has 7 heteroatoms. The number of nitrogens with zero attached hydrogens (tertiary/aromatic N) is 1. The van der Waals surface area contributed by atoms with Gasteiger partial charge >= 0.3 is 11.9 Å². The van der Waals surface area contributed by atoms with Crippen molar-refractivity contribution in [2.75, 3.05) is 19.8 Å². The number of piperidine rings is 1. The minimum Gasteiger partial charge on any atom is -0.465 e. The molecular weight excluding hydrogens is 566 g/mol. The number of ether oxygens (including phenoxy) is 3. The minimum atomic E-state index is -0.779. The van der Waals surface area contributed by atoms with Crippen LogP contribution < -0.4 is 0 Å². The lowest BCUT2D eigenvalue weighted by atomic mass is 9.65. The minimum absolute atomic E-state index is 0.00572. The molecule has 0 bridgehead atoms. The standard InChI is InChI=1S/C38H71NO6/c1-9-13-14-15-16-17-18-19-20-21-22-23-24-25-26-27-34(41)42-29-35(6)30-43-38(44-31-35)28-36(7,11-3)39(45-32(5)40)37(8,12-4)33(38)10-2/h33H,9-31H2,1-8H3. The molecular formula is C38H71NO6. The Hall–Kier alpha value is -1.18. The molecule has 0 N–H and O–H groups in total. The van der Waals surface area contributed by atoms with Crippen molar-refractivity contribution >= 4 is 11.9 Å². The number of unbranched alkanes of at least 4 members (excludes halogenated alkanes) is 14. The number of hydrogen-bond acceptors (Lipinski definition) is 7. The van der Waals surface area contributed by atoms with Crippen LogP contribution in [0.25, 0.3) is 0 Å². The second kappa shape index (κ2) is 19.6. The fourth-order valence-electron chi connectivity index (χ4n) is 7.74. The number of hydroxylamine groups is 2. The maximum absolute atomic E-state index is 12.6. The second-order valence-electron chi connectivity index (χ2n) is 15.1. The number of carbonyl (C=O) groups excluding carboxylic acids is 2. The summed E-state index contributed by atoms with van der Waals surface area (Å²) in [4.78, 5) is 30.6. The molecule has 0 aromatic heterocycles. The Bertz CT molecular complexity index is 855. The number of hydrogen-bond donors (Lipinski definition) is 0. The van der Waals surface area contributed by atoms with Gasteiger partial charge in [0.1, 0.15) is 6.61 Å². The molecule has 3 unspecified atom stereocenters. The normalized spacial score (nSPS) is 30.4. The monoisotopic (exact) mass is 638 g/mol. The lowest BCUT2D eigenvalue weighted by Gasteiger charge is -2.64. The zero-order chi connectivity index (χ0) is 33.4. The average Bonchev–Trinajstić information content (AvgIpc) is 3.02. The van der Waals surface area contributed by atoms with Crippen LogP contribution in [0.2, 0.25) is 0 Å². The lowest BCUT2D eigenvalue weighted by Crippen LogP contribution is -2.74. The van der Waals surface area contributed by atoms with Crippen LogP contribution in [-0.4, -0.2) is 53.7 Å². The summed E-state index contributed by atoms with van der Waals surface area (Å²) in [6.07, 6.45) is 23.2.